The SMILES string of the molecule is Cc1cc(C#N)cc(C)c1Oc1ccc(CBr)cc1Cl. The normalized spacial score (nSPS) is 10.2. The molecule has 0 bridgehead atoms. The molecule has 0 N–H and O–H groups in total. The molecule has 4 heteroatoms. The standard InChI is InChI=1S/C16H13BrClNO/c1-10-5-13(9-19)6-11(2)16(10)20-15-4-3-12(8-17)7-14(15)18/h3-7H,8H2,1-2H3. The molecule has 102 valence electrons. The number of alkyl halides is 1. The van der Waals surface area contributed by atoms with Crippen molar-refractivity contribution in [2.45, 2.75) is 19.2 Å². The van der Waals surface area contributed by atoms with Crippen LogP contribution in [0.25, 0.3) is 0 Å². The maximum absolute atomic E-state index is 8.95. The fraction of sp³-hybridized carbons (Fsp3) is 0.188. The zero-order valence-corrected chi connectivity index (χ0v) is 13.5. The van der Waals surface area contributed by atoms with Crippen molar-refractivity contribution in [1.82, 2.24) is 0 Å². The van der Waals surface area contributed by atoms with Gasteiger partial charge in [0.05, 0.1) is 16.7 Å². The highest BCUT2D eigenvalue weighted by atomic mass is 79.9. The van der Waals surface area contributed by atoms with Gasteiger partial charge in [0, 0.05) is 5.33 Å². The summed E-state index contributed by atoms with van der Waals surface area (Å²) < 4.78 is 5.91. The van der Waals surface area contributed by atoms with Crippen molar-refractivity contribution in [3.05, 3.63) is 57.6 Å². The Bertz CT molecular complexity index is 668. The Balaban J connectivity index is 2.38. The van der Waals surface area contributed by atoms with Gasteiger partial charge in [-0.05, 0) is 54.8 Å². The Kier molecular flexibility index (Phi) is 4.69. The minimum atomic E-state index is 0.574. The molecular formula is C16H13BrClNO. The number of benzene rings is 2. The minimum Gasteiger partial charge on any atom is -0.455 e. The van der Waals surface area contributed by atoms with Crippen LogP contribution in [0.3, 0.4) is 0 Å². The second kappa shape index (κ2) is 6.30. The molecule has 0 unspecified atom stereocenters. The summed E-state index contributed by atoms with van der Waals surface area (Å²) in [5.74, 6) is 1.37. The Morgan fingerprint density at radius 1 is 1.20 bits per heavy atom. The quantitative estimate of drug-likeness (QED) is 0.683. The van der Waals surface area contributed by atoms with E-state index in [9.17, 15) is 0 Å². The average Bonchev–Trinajstić information content (AvgIpc) is 2.43. The van der Waals surface area contributed by atoms with Crippen LogP contribution in [0.1, 0.15) is 22.3 Å². The first-order valence-electron chi connectivity index (χ1n) is 6.08. The molecule has 0 radical (unpaired) electrons. The third-order valence-electron chi connectivity index (χ3n) is 2.95. The summed E-state index contributed by atoms with van der Waals surface area (Å²) in [5.41, 5.74) is 3.56. The van der Waals surface area contributed by atoms with Gasteiger partial charge in [0.1, 0.15) is 11.5 Å². The molecule has 0 amide bonds. The van der Waals surface area contributed by atoms with E-state index in [1.54, 1.807) is 0 Å². The summed E-state index contributed by atoms with van der Waals surface area (Å²) in [7, 11) is 0. The summed E-state index contributed by atoms with van der Waals surface area (Å²) in [6.45, 7) is 3.84. The van der Waals surface area contributed by atoms with Crippen molar-refractivity contribution < 1.29 is 4.74 Å². The molecule has 0 aliphatic rings. The lowest BCUT2D eigenvalue weighted by Crippen LogP contribution is -1.93. The van der Waals surface area contributed by atoms with Crippen LogP contribution in [0.4, 0.5) is 0 Å². The molecule has 0 heterocycles. The van der Waals surface area contributed by atoms with Gasteiger partial charge in [0.15, 0.2) is 0 Å². The number of nitrogens with zero attached hydrogens (tertiary/aromatic N) is 1. The smallest absolute Gasteiger partial charge is 0.146 e. The van der Waals surface area contributed by atoms with Crippen LogP contribution in [0.15, 0.2) is 30.3 Å². The Hall–Kier alpha value is -1.50. The van der Waals surface area contributed by atoms with Crippen molar-refractivity contribution in [2.75, 3.05) is 0 Å². The van der Waals surface area contributed by atoms with Crippen molar-refractivity contribution >= 4 is 27.5 Å². The monoisotopic (exact) mass is 349 g/mol. The van der Waals surface area contributed by atoms with Crippen LogP contribution in [0, 0.1) is 25.2 Å². The van der Waals surface area contributed by atoms with Crippen LogP contribution in [0.2, 0.25) is 5.02 Å². The van der Waals surface area contributed by atoms with E-state index >= 15 is 0 Å². The van der Waals surface area contributed by atoms with E-state index in [-0.39, 0.29) is 0 Å². The first-order chi connectivity index (χ1) is 9.55. The van der Waals surface area contributed by atoms with Gasteiger partial charge in [0.25, 0.3) is 0 Å². The van der Waals surface area contributed by atoms with Crippen molar-refractivity contribution in [2.24, 2.45) is 0 Å². The van der Waals surface area contributed by atoms with Crippen LogP contribution >= 0.6 is 27.5 Å². The van der Waals surface area contributed by atoms with E-state index in [1.807, 2.05) is 44.2 Å². The molecule has 0 aromatic heterocycles. The van der Waals surface area contributed by atoms with Gasteiger partial charge in [-0.25, -0.2) is 0 Å². The van der Waals surface area contributed by atoms with E-state index in [2.05, 4.69) is 22.0 Å². The summed E-state index contributed by atoms with van der Waals surface area (Å²) in [5, 5.41) is 10.3. The van der Waals surface area contributed by atoms with E-state index in [0.29, 0.717) is 16.3 Å². The van der Waals surface area contributed by atoms with E-state index in [0.717, 1.165) is 27.8 Å². The number of aryl methyl sites for hydroxylation is 2. The molecule has 0 saturated heterocycles. The second-order valence-corrected chi connectivity index (χ2v) is 5.52. The zero-order valence-electron chi connectivity index (χ0n) is 11.2. The van der Waals surface area contributed by atoms with Gasteiger partial charge >= 0.3 is 0 Å². The van der Waals surface area contributed by atoms with Gasteiger partial charge in [-0.1, -0.05) is 33.6 Å². The van der Waals surface area contributed by atoms with Crippen LogP contribution < -0.4 is 4.74 Å². The molecule has 0 spiro atoms. The zero-order chi connectivity index (χ0) is 14.7. The highest BCUT2D eigenvalue weighted by molar-refractivity contribution is 9.08. The number of halogens is 2. The molecule has 20 heavy (non-hydrogen) atoms. The average molecular weight is 351 g/mol. The fourth-order valence-corrected chi connectivity index (χ4v) is 2.59. The lowest BCUT2D eigenvalue weighted by atomic mass is 10.1. The lowest BCUT2D eigenvalue weighted by Gasteiger charge is -2.13. The Morgan fingerprint density at radius 3 is 2.35 bits per heavy atom. The number of hydrogen-bond donors (Lipinski definition) is 0. The largest absolute Gasteiger partial charge is 0.455 e. The second-order valence-electron chi connectivity index (χ2n) is 4.55. The third kappa shape index (κ3) is 3.15. The van der Waals surface area contributed by atoms with Gasteiger partial charge in [-0.3, -0.25) is 0 Å². The first-order valence-corrected chi connectivity index (χ1v) is 7.58. The number of hydrogen-bond acceptors (Lipinski definition) is 2. The third-order valence-corrected chi connectivity index (χ3v) is 3.89. The summed E-state index contributed by atoms with van der Waals surface area (Å²) in [6.07, 6.45) is 0. The molecular weight excluding hydrogens is 338 g/mol. The maximum Gasteiger partial charge on any atom is 0.146 e. The van der Waals surface area contributed by atoms with Crippen molar-refractivity contribution in [3.63, 3.8) is 0 Å². The summed E-state index contributed by atoms with van der Waals surface area (Å²) in [6, 6.07) is 11.5. The van der Waals surface area contributed by atoms with Gasteiger partial charge in [-0.15, -0.1) is 0 Å². The molecule has 0 aliphatic heterocycles. The molecule has 0 aliphatic carbocycles. The number of nitriles is 1. The predicted molar refractivity (Wildman–Crippen MR) is 84.8 cm³/mol. The van der Waals surface area contributed by atoms with Crippen LogP contribution in [-0.2, 0) is 5.33 Å². The van der Waals surface area contributed by atoms with Gasteiger partial charge in [-0.2, -0.15) is 5.26 Å². The minimum absolute atomic E-state index is 0.574. The topological polar surface area (TPSA) is 33.0 Å². The fourth-order valence-electron chi connectivity index (χ4n) is 2.00. The number of ether oxygens (including phenoxy) is 1. The highest BCUT2D eigenvalue weighted by Crippen LogP contribution is 2.34. The molecule has 2 aromatic rings. The van der Waals surface area contributed by atoms with E-state index in [4.69, 9.17) is 21.6 Å². The molecule has 0 fully saturated rings. The molecule has 0 atom stereocenters. The van der Waals surface area contributed by atoms with Crippen LogP contribution in [0.5, 0.6) is 11.5 Å². The van der Waals surface area contributed by atoms with E-state index in [1.165, 1.54) is 0 Å². The van der Waals surface area contributed by atoms with Gasteiger partial charge < -0.3 is 4.74 Å². The predicted octanol–water partition coefficient (Wildman–Crippen LogP) is 5.52. The summed E-state index contributed by atoms with van der Waals surface area (Å²) >= 11 is 9.62. The summed E-state index contributed by atoms with van der Waals surface area (Å²) in [4.78, 5) is 0. The maximum atomic E-state index is 8.95. The van der Waals surface area contributed by atoms with Crippen molar-refractivity contribution in [1.29, 1.82) is 5.26 Å². The van der Waals surface area contributed by atoms with Gasteiger partial charge in [0.2, 0.25) is 0 Å². The molecule has 2 nitrogen and oxygen atoms in total. The number of rotatable bonds is 3. The lowest BCUT2D eigenvalue weighted by molar-refractivity contribution is 0.475. The Labute approximate surface area is 132 Å². The molecule has 0 saturated carbocycles. The highest BCUT2D eigenvalue weighted by Gasteiger charge is 2.10. The van der Waals surface area contributed by atoms with Crippen LogP contribution in [-0.4, -0.2) is 0 Å². The first kappa shape index (κ1) is 14.9. The van der Waals surface area contributed by atoms with E-state index < -0.39 is 0 Å². The van der Waals surface area contributed by atoms with Crippen molar-refractivity contribution in [3.8, 4) is 17.6 Å². The Morgan fingerprint density at radius 2 is 1.85 bits per heavy atom. The molecule has 2 rings (SSSR count). The molecule has 2 aromatic carbocycles.